The molecule has 0 amide bonds. The van der Waals surface area contributed by atoms with E-state index >= 15 is 0 Å². The standard InChI is InChI=1S/C16H20N2/c1-18-10-9-13(12-18)11-17-16-8-4-6-14-5-2-3-7-15(14)16/h4,6,8-10,12,17H,2-3,5,7,11H2,1H3. The molecule has 0 aliphatic heterocycles. The number of aromatic nitrogens is 1. The van der Waals surface area contributed by atoms with Crippen molar-refractivity contribution in [3.05, 3.63) is 53.3 Å². The minimum absolute atomic E-state index is 0.914. The molecule has 1 aromatic carbocycles. The van der Waals surface area contributed by atoms with Gasteiger partial charge in [0.15, 0.2) is 0 Å². The summed E-state index contributed by atoms with van der Waals surface area (Å²) in [6.45, 7) is 0.914. The van der Waals surface area contributed by atoms with Gasteiger partial charge in [-0.15, -0.1) is 0 Å². The van der Waals surface area contributed by atoms with E-state index in [1.807, 2.05) is 0 Å². The Labute approximate surface area is 109 Å². The topological polar surface area (TPSA) is 17.0 Å². The minimum Gasteiger partial charge on any atom is -0.381 e. The lowest BCUT2D eigenvalue weighted by molar-refractivity contribution is 0.686. The first-order chi connectivity index (χ1) is 8.83. The Hall–Kier alpha value is -1.70. The van der Waals surface area contributed by atoms with Crippen molar-refractivity contribution in [3.8, 4) is 0 Å². The predicted octanol–water partition coefficient (Wildman–Crippen LogP) is 3.52. The van der Waals surface area contributed by atoms with E-state index < -0.39 is 0 Å². The Bertz CT molecular complexity index is 540. The maximum Gasteiger partial charge on any atom is 0.0415 e. The Morgan fingerprint density at radius 2 is 2.06 bits per heavy atom. The van der Waals surface area contributed by atoms with Crippen LogP contribution in [0.4, 0.5) is 5.69 Å². The second kappa shape index (κ2) is 4.89. The highest BCUT2D eigenvalue weighted by Gasteiger charge is 2.12. The van der Waals surface area contributed by atoms with Crippen LogP contribution in [0.3, 0.4) is 0 Å². The lowest BCUT2D eigenvalue weighted by atomic mass is 9.90. The predicted molar refractivity (Wildman–Crippen MR) is 75.8 cm³/mol. The van der Waals surface area contributed by atoms with Crippen LogP contribution < -0.4 is 5.32 Å². The van der Waals surface area contributed by atoms with E-state index in [0.717, 1.165) is 6.54 Å². The van der Waals surface area contributed by atoms with Crippen molar-refractivity contribution >= 4 is 5.69 Å². The Kier molecular flexibility index (Phi) is 3.09. The van der Waals surface area contributed by atoms with Crippen molar-refractivity contribution in [2.24, 2.45) is 7.05 Å². The number of hydrogen-bond donors (Lipinski definition) is 1. The fourth-order valence-corrected chi connectivity index (χ4v) is 2.81. The summed E-state index contributed by atoms with van der Waals surface area (Å²) < 4.78 is 2.09. The van der Waals surface area contributed by atoms with Gasteiger partial charge < -0.3 is 9.88 Å². The summed E-state index contributed by atoms with van der Waals surface area (Å²) in [6.07, 6.45) is 9.41. The largest absolute Gasteiger partial charge is 0.381 e. The smallest absolute Gasteiger partial charge is 0.0415 e. The molecule has 0 fully saturated rings. The molecule has 0 saturated heterocycles. The zero-order valence-corrected chi connectivity index (χ0v) is 10.9. The van der Waals surface area contributed by atoms with Gasteiger partial charge in [0.25, 0.3) is 0 Å². The molecular formula is C16H20N2. The van der Waals surface area contributed by atoms with Gasteiger partial charge in [-0.25, -0.2) is 0 Å². The molecule has 0 unspecified atom stereocenters. The van der Waals surface area contributed by atoms with Crippen LogP contribution in [0.15, 0.2) is 36.7 Å². The molecule has 0 spiro atoms. The van der Waals surface area contributed by atoms with E-state index in [-0.39, 0.29) is 0 Å². The van der Waals surface area contributed by atoms with Crippen LogP contribution in [0.2, 0.25) is 0 Å². The van der Waals surface area contributed by atoms with E-state index in [1.54, 1.807) is 11.1 Å². The van der Waals surface area contributed by atoms with Crippen LogP contribution in [0.25, 0.3) is 0 Å². The maximum absolute atomic E-state index is 3.59. The number of fused-ring (bicyclic) bond motifs is 1. The van der Waals surface area contributed by atoms with E-state index in [0.29, 0.717) is 0 Å². The van der Waals surface area contributed by atoms with Crippen LogP contribution in [-0.4, -0.2) is 4.57 Å². The molecule has 2 heteroatoms. The number of rotatable bonds is 3. The molecule has 0 saturated carbocycles. The van der Waals surface area contributed by atoms with Crippen molar-refractivity contribution in [2.45, 2.75) is 32.2 Å². The summed E-state index contributed by atoms with van der Waals surface area (Å²) >= 11 is 0. The van der Waals surface area contributed by atoms with E-state index in [4.69, 9.17) is 0 Å². The van der Waals surface area contributed by atoms with Gasteiger partial charge in [0.1, 0.15) is 0 Å². The van der Waals surface area contributed by atoms with Crippen molar-refractivity contribution < 1.29 is 0 Å². The molecule has 1 heterocycles. The fourth-order valence-electron chi connectivity index (χ4n) is 2.81. The first-order valence-electron chi connectivity index (χ1n) is 6.78. The number of nitrogens with one attached hydrogen (secondary N) is 1. The fraction of sp³-hybridized carbons (Fsp3) is 0.375. The molecule has 1 N–H and O–H groups in total. The molecule has 0 radical (unpaired) electrons. The molecular weight excluding hydrogens is 220 g/mol. The van der Waals surface area contributed by atoms with Crippen LogP contribution in [0.5, 0.6) is 0 Å². The van der Waals surface area contributed by atoms with Crippen LogP contribution >= 0.6 is 0 Å². The van der Waals surface area contributed by atoms with Gasteiger partial charge in [-0.05, 0) is 54.5 Å². The number of aryl methyl sites for hydroxylation is 2. The van der Waals surface area contributed by atoms with Crippen LogP contribution in [0, 0.1) is 0 Å². The molecule has 2 nitrogen and oxygen atoms in total. The molecule has 1 aromatic heterocycles. The number of hydrogen-bond acceptors (Lipinski definition) is 1. The Morgan fingerprint density at radius 1 is 1.17 bits per heavy atom. The average molecular weight is 240 g/mol. The highest BCUT2D eigenvalue weighted by Crippen LogP contribution is 2.28. The van der Waals surface area contributed by atoms with Gasteiger partial charge in [-0.1, -0.05) is 12.1 Å². The summed E-state index contributed by atoms with van der Waals surface area (Å²) in [6, 6.07) is 8.84. The normalized spacial score (nSPS) is 14.3. The van der Waals surface area contributed by atoms with Crippen molar-refractivity contribution in [1.29, 1.82) is 0 Å². The van der Waals surface area contributed by atoms with Crippen molar-refractivity contribution in [2.75, 3.05) is 5.32 Å². The molecule has 0 atom stereocenters. The third-order valence-electron chi connectivity index (χ3n) is 3.77. The average Bonchev–Trinajstić information content (AvgIpc) is 2.82. The van der Waals surface area contributed by atoms with Gasteiger partial charge in [0, 0.05) is 31.7 Å². The maximum atomic E-state index is 3.59. The molecule has 2 aromatic rings. The first kappa shape index (κ1) is 11.4. The first-order valence-corrected chi connectivity index (χ1v) is 6.78. The summed E-state index contributed by atoms with van der Waals surface area (Å²) in [5.41, 5.74) is 5.75. The zero-order chi connectivity index (χ0) is 12.4. The lowest BCUT2D eigenvalue weighted by Crippen LogP contribution is -2.08. The quantitative estimate of drug-likeness (QED) is 0.868. The van der Waals surface area contributed by atoms with Crippen LogP contribution in [0.1, 0.15) is 29.5 Å². The zero-order valence-electron chi connectivity index (χ0n) is 10.9. The lowest BCUT2D eigenvalue weighted by Gasteiger charge is -2.20. The number of nitrogens with zero attached hydrogens (tertiary/aromatic N) is 1. The summed E-state index contributed by atoms with van der Waals surface area (Å²) in [7, 11) is 2.06. The number of anilines is 1. The van der Waals surface area contributed by atoms with Crippen LogP contribution in [-0.2, 0) is 26.4 Å². The molecule has 1 aliphatic carbocycles. The van der Waals surface area contributed by atoms with Gasteiger partial charge in [-0.2, -0.15) is 0 Å². The summed E-state index contributed by atoms with van der Waals surface area (Å²) in [5, 5.41) is 3.59. The Morgan fingerprint density at radius 3 is 2.89 bits per heavy atom. The summed E-state index contributed by atoms with van der Waals surface area (Å²) in [4.78, 5) is 0. The Balaban J connectivity index is 1.76. The second-order valence-electron chi connectivity index (χ2n) is 5.19. The van der Waals surface area contributed by atoms with E-state index in [2.05, 4.69) is 53.6 Å². The third-order valence-corrected chi connectivity index (χ3v) is 3.77. The minimum atomic E-state index is 0.914. The SMILES string of the molecule is Cn1ccc(CNc2cccc3c2CCCC3)c1. The molecule has 18 heavy (non-hydrogen) atoms. The third kappa shape index (κ3) is 2.28. The monoisotopic (exact) mass is 240 g/mol. The second-order valence-corrected chi connectivity index (χ2v) is 5.19. The molecule has 0 bridgehead atoms. The highest BCUT2D eigenvalue weighted by molar-refractivity contribution is 5.55. The molecule has 1 aliphatic rings. The van der Waals surface area contributed by atoms with E-state index in [9.17, 15) is 0 Å². The number of benzene rings is 1. The van der Waals surface area contributed by atoms with Gasteiger partial charge in [-0.3, -0.25) is 0 Å². The summed E-state index contributed by atoms with van der Waals surface area (Å²) in [5.74, 6) is 0. The van der Waals surface area contributed by atoms with Crippen molar-refractivity contribution in [1.82, 2.24) is 4.57 Å². The van der Waals surface area contributed by atoms with E-state index in [1.165, 1.54) is 36.9 Å². The van der Waals surface area contributed by atoms with Gasteiger partial charge >= 0.3 is 0 Å². The van der Waals surface area contributed by atoms with Crippen molar-refractivity contribution in [3.63, 3.8) is 0 Å². The highest BCUT2D eigenvalue weighted by atomic mass is 14.9. The molecule has 94 valence electrons. The van der Waals surface area contributed by atoms with Gasteiger partial charge in [0.05, 0.1) is 0 Å². The van der Waals surface area contributed by atoms with Gasteiger partial charge in [0.2, 0.25) is 0 Å². The molecule has 3 rings (SSSR count).